The molecule has 0 saturated carbocycles. The van der Waals surface area contributed by atoms with Crippen LogP contribution in [0.4, 0.5) is 11.4 Å². The molecule has 0 saturated heterocycles. The molecule has 0 aliphatic heterocycles. The van der Waals surface area contributed by atoms with E-state index in [0.717, 1.165) is 24.2 Å². The molecule has 1 rings (SSSR count). The van der Waals surface area contributed by atoms with Gasteiger partial charge in [-0.3, -0.25) is 4.79 Å². The van der Waals surface area contributed by atoms with E-state index in [-0.39, 0.29) is 5.91 Å². The fraction of sp³-hybridized carbons (Fsp3) is 0.500. The normalized spacial score (nSPS) is 10.4. The van der Waals surface area contributed by atoms with Gasteiger partial charge in [0.05, 0.1) is 0 Å². The van der Waals surface area contributed by atoms with Gasteiger partial charge >= 0.3 is 0 Å². The summed E-state index contributed by atoms with van der Waals surface area (Å²) < 4.78 is 0. The molecule has 0 spiro atoms. The van der Waals surface area contributed by atoms with Crippen molar-refractivity contribution in [2.24, 2.45) is 0 Å². The van der Waals surface area contributed by atoms with Crippen LogP contribution in [0.2, 0.25) is 0 Å². The molecule has 3 nitrogen and oxygen atoms in total. The van der Waals surface area contributed by atoms with Crippen LogP contribution >= 0.6 is 0 Å². The first-order valence-corrected chi connectivity index (χ1v) is 6.21. The van der Waals surface area contributed by atoms with E-state index >= 15 is 0 Å². The molecule has 0 bridgehead atoms. The zero-order valence-electron chi connectivity index (χ0n) is 11.1. The molecule has 94 valence electrons. The summed E-state index contributed by atoms with van der Waals surface area (Å²) in [5.41, 5.74) is 3.15. The second-order valence-electron chi connectivity index (χ2n) is 4.37. The van der Waals surface area contributed by atoms with Gasteiger partial charge in [0.25, 0.3) is 0 Å². The van der Waals surface area contributed by atoms with Crippen molar-refractivity contribution in [1.29, 1.82) is 0 Å². The summed E-state index contributed by atoms with van der Waals surface area (Å²) in [5, 5.41) is 6.31. The minimum absolute atomic E-state index is 0.0395. The number of amides is 1. The lowest BCUT2D eigenvalue weighted by Crippen LogP contribution is -2.18. The van der Waals surface area contributed by atoms with Crippen LogP contribution in [0.25, 0.3) is 0 Å². The smallest absolute Gasteiger partial charge is 0.221 e. The van der Waals surface area contributed by atoms with Crippen molar-refractivity contribution in [3.8, 4) is 0 Å². The van der Waals surface area contributed by atoms with Crippen molar-refractivity contribution in [1.82, 2.24) is 0 Å². The number of hydrogen-bond acceptors (Lipinski definition) is 2. The summed E-state index contributed by atoms with van der Waals surface area (Å²) in [4.78, 5) is 11.0. The molecule has 1 aromatic carbocycles. The van der Waals surface area contributed by atoms with Gasteiger partial charge in [-0.05, 0) is 37.5 Å². The van der Waals surface area contributed by atoms with Gasteiger partial charge in [0.1, 0.15) is 0 Å². The van der Waals surface area contributed by atoms with Crippen molar-refractivity contribution in [2.45, 2.75) is 46.6 Å². The predicted octanol–water partition coefficient (Wildman–Crippen LogP) is 3.55. The highest BCUT2D eigenvalue weighted by atomic mass is 16.1. The first kappa shape index (κ1) is 13.6. The van der Waals surface area contributed by atoms with E-state index in [1.807, 2.05) is 18.2 Å². The zero-order chi connectivity index (χ0) is 12.8. The molecule has 0 aromatic heterocycles. The summed E-state index contributed by atoms with van der Waals surface area (Å²) in [6.45, 7) is 7.94. The van der Waals surface area contributed by atoms with Crippen molar-refractivity contribution in [3.05, 3.63) is 23.8 Å². The number of carbonyl (C=O) groups excluding carboxylic acids is 1. The van der Waals surface area contributed by atoms with Gasteiger partial charge in [-0.1, -0.05) is 19.9 Å². The number of anilines is 2. The molecule has 0 unspecified atom stereocenters. The molecule has 0 heterocycles. The van der Waals surface area contributed by atoms with E-state index < -0.39 is 0 Å². The standard InChI is InChI=1S/C14H22N2O/c1-5-12(6-2)16-14-9-13(15-11(4)17)8-7-10(14)3/h7-9,12,16H,5-6H2,1-4H3,(H,15,17). The number of carbonyl (C=O) groups is 1. The maximum atomic E-state index is 11.0. The van der Waals surface area contributed by atoms with Crippen LogP contribution in [0.1, 0.15) is 39.2 Å². The molecule has 0 aliphatic rings. The number of rotatable bonds is 5. The molecule has 0 radical (unpaired) electrons. The maximum Gasteiger partial charge on any atom is 0.221 e. The Morgan fingerprint density at radius 3 is 2.47 bits per heavy atom. The summed E-state index contributed by atoms with van der Waals surface area (Å²) in [7, 11) is 0. The first-order chi connectivity index (χ1) is 8.06. The number of nitrogens with one attached hydrogen (secondary N) is 2. The van der Waals surface area contributed by atoms with Gasteiger partial charge in [0.2, 0.25) is 5.91 Å². The molecule has 1 aromatic rings. The van der Waals surface area contributed by atoms with Crippen molar-refractivity contribution >= 4 is 17.3 Å². The van der Waals surface area contributed by atoms with Crippen LogP contribution in [-0.2, 0) is 4.79 Å². The first-order valence-electron chi connectivity index (χ1n) is 6.21. The fourth-order valence-corrected chi connectivity index (χ4v) is 1.77. The van der Waals surface area contributed by atoms with E-state index in [1.54, 1.807) is 0 Å². The predicted molar refractivity (Wildman–Crippen MR) is 73.5 cm³/mol. The van der Waals surface area contributed by atoms with Crippen LogP contribution in [-0.4, -0.2) is 11.9 Å². The minimum Gasteiger partial charge on any atom is -0.382 e. The number of aryl methyl sites for hydroxylation is 1. The van der Waals surface area contributed by atoms with E-state index in [9.17, 15) is 4.79 Å². The van der Waals surface area contributed by atoms with E-state index in [2.05, 4.69) is 31.4 Å². The molecule has 1 amide bonds. The highest BCUT2D eigenvalue weighted by Gasteiger charge is 2.06. The Hall–Kier alpha value is -1.51. The highest BCUT2D eigenvalue weighted by molar-refractivity contribution is 5.89. The van der Waals surface area contributed by atoms with E-state index in [4.69, 9.17) is 0 Å². The molecular formula is C14H22N2O. The number of hydrogen-bond donors (Lipinski definition) is 2. The summed E-state index contributed by atoms with van der Waals surface area (Å²) in [5.74, 6) is -0.0395. The molecule has 17 heavy (non-hydrogen) atoms. The summed E-state index contributed by atoms with van der Waals surface area (Å²) in [6.07, 6.45) is 2.20. The average Bonchev–Trinajstić information content (AvgIpc) is 2.29. The molecule has 0 atom stereocenters. The third-order valence-electron chi connectivity index (χ3n) is 2.90. The van der Waals surface area contributed by atoms with Gasteiger partial charge < -0.3 is 10.6 Å². The Morgan fingerprint density at radius 2 is 1.94 bits per heavy atom. The molecule has 0 aliphatic carbocycles. The average molecular weight is 234 g/mol. The van der Waals surface area contributed by atoms with Gasteiger partial charge in [0.15, 0.2) is 0 Å². The molecule has 3 heteroatoms. The Morgan fingerprint density at radius 1 is 1.29 bits per heavy atom. The molecule has 2 N–H and O–H groups in total. The summed E-state index contributed by atoms with van der Waals surface area (Å²) in [6, 6.07) is 6.43. The topological polar surface area (TPSA) is 41.1 Å². The quantitative estimate of drug-likeness (QED) is 0.818. The van der Waals surface area contributed by atoms with Crippen molar-refractivity contribution in [2.75, 3.05) is 10.6 Å². The maximum absolute atomic E-state index is 11.0. The van der Waals surface area contributed by atoms with E-state index in [0.29, 0.717) is 6.04 Å². The van der Waals surface area contributed by atoms with Gasteiger partial charge in [0, 0.05) is 24.3 Å². The minimum atomic E-state index is -0.0395. The second kappa shape index (κ2) is 6.28. The Labute approximate surface area is 104 Å². The fourth-order valence-electron chi connectivity index (χ4n) is 1.77. The van der Waals surface area contributed by atoms with Crippen LogP contribution in [0.15, 0.2) is 18.2 Å². The Kier molecular flexibility index (Phi) is 5.01. The van der Waals surface area contributed by atoms with Crippen LogP contribution in [0.5, 0.6) is 0 Å². The van der Waals surface area contributed by atoms with Crippen LogP contribution in [0.3, 0.4) is 0 Å². The third-order valence-corrected chi connectivity index (χ3v) is 2.90. The van der Waals surface area contributed by atoms with Crippen molar-refractivity contribution < 1.29 is 4.79 Å². The molecular weight excluding hydrogens is 212 g/mol. The van der Waals surface area contributed by atoms with Gasteiger partial charge in [-0.15, -0.1) is 0 Å². The molecule has 0 fully saturated rings. The highest BCUT2D eigenvalue weighted by Crippen LogP contribution is 2.22. The van der Waals surface area contributed by atoms with Gasteiger partial charge in [-0.2, -0.15) is 0 Å². The lowest BCUT2D eigenvalue weighted by atomic mass is 10.1. The van der Waals surface area contributed by atoms with Crippen LogP contribution in [0, 0.1) is 6.92 Å². The van der Waals surface area contributed by atoms with Crippen LogP contribution < -0.4 is 10.6 Å². The Bertz CT molecular complexity index is 384. The summed E-state index contributed by atoms with van der Waals surface area (Å²) >= 11 is 0. The lowest BCUT2D eigenvalue weighted by Gasteiger charge is -2.19. The van der Waals surface area contributed by atoms with E-state index in [1.165, 1.54) is 12.5 Å². The van der Waals surface area contributed by atoms with Crippen molar-refractivity contribution in [3.63, 3.8) is 0 Å². The largest absolute Gasteiger partial charge is 0.382 e. The third kappa shape index (κ3) is 4.10. The van der Waals surface area contributed by atoms with Gasteiger partial charge in [-0.25, -0.2) is 0 Å². The SMILES string of the molecule is CCC(CC)Nc1cc(NC(C)=O)ccc1C. The monoisotopic (exact) mass is 234 g/mol. The lowest BCUT2D eigenvalue weighted by molar-refractivity contribution is -0.114. The number of benzene rings is 1. The second-order valence-corrected chi connectivity index (χ2v) is 4.37. The Balaban J connectivity index is 2.86. The zero-order valence-corrected chi connectivity index (χ0v) is 11.1.